The predicted octanol–water partition coefficient (Wildman–Crippen LogP) is 4.31. The van der Waals surface area contributed by atoms with Crippen LogP contribution >= 0.6 is 0 Å². The molecule has 0 aliphatic heterocycles. The molecule has 5 heteroatoms. The fraction of sp³-hybridized carbons (Fsp3) is 0.0455. The van der Waals surface area contributed by atoms with E-state index >= 15 is 0 Å². The third kappa shape index (κ3) is 4.10. The molecule has 0 radical (unpaired) electrons. The number of rotatable bonds is 5. The molecule has 0 bridgehead atoms. The van der Waals surface area contributed by atoms with Gasteiger partial charge in [-0.15, -0.1) is 0 Å². The van der Waals surface area contributed by atoms with Crippen molar-refractivity contribution in [3.05, 3.63) is 85.1 Å². The number of anilines is 1. The van der Waals surface area contributed by atoms with Crippen molar-refractivity contribution in [2.45, 2.75) is 0 Å². The first-order chi connectivity index (χ1) is 13.3. The van der Waals surface area contributed by atoms with Gasteiger partial charge in [-0.2, -0.15) is 0 Å². The number of hydrogen-bond acceptors (Lipinski definition) is 4. The summed E-state index contributed by atoms with van der Waals surface area (Å²) >= 11 is 0. The Hall–Kier alpha value is -3.73. The van der Waals surface area contributed by atoms with Crippen molar-refractivity contribution >= 4 is 22.6 Å². The Morgan fingerprint density at radius 2 is 1.56 bits per heavy atom. The maximum absolute atomic E-state index is 11.9. The largest absolute Gasteiger partial charge is 0.484 e. The van der Waals surface area contributed by atoms with E-state index in [4.69, 9.17) is 4.74 Å². The number of amides is 1. The van der Waals surface area contributed by atoms with Crippen LogP contribution in [0.25, 0.3) is 22.3 Å². The molecule has 0 aliphatic rings. The first kappa shape index (κ1) is 16.7. The van der Waals surface area contributed by atoms with Gasteiger partial charge in [-0.1, -0.05) is 30.3 Å². The highest BCUT2D eigenvalue weighted by Gasteiger charge is 2.05. The van der Waals surface area contributed by atoms with E-state index in [0.29, 0.717) is 5.75 Å². The van der Waals surface area contributed by atoms with Gasteiger partial charge < -0.3 is 10.1 Å². The van der Waals surface area contributed by atoms with Gasteiger partial charge in [0.1, 0.15) is 5.75 Å². The number of aromatic nitrogens is 2. The molecule has 3 aromatic carbocycles. The van der Waals surface area contributed by atoms with Crippen molar-refractivity contribution in [2.75, 3.05) is 11.9 Å². The minimum Gasteiger partial charge on any atom is -0.484 e. The zero-order valence-corrected chi connectivity index (χ0v) is 14.5. The second-order valence-corrected chi connectivity index (χ2v) is 5.97. The zero-order chi connectivity index (χ0) is 18.5. The normalized spacial score (nSPS) is 10.5. The van der Waals surface area contributed by atoms with Crippen LogP contribution in [0.4, 0.5) is 5.69 Å². The Morgan fingerprint density at radius 3 is 2.33 bits per heavy atom. The van der Waals surface area contributed by atoms with E-state index in [1.807, 2.05) is 78.9 Å². The monoisotopic (exact) mass is 355 g/mol. The van der Waals surface area contributed by atoms with Gasteiger partial charge in [0.25, 0.3) is 5.91 Å². The minimum atomic E-state index is -0.203. The van der Waals surface area contributed by atoms with Gasteiger partial charge in [0.15, 0.2) is 6.61 Å². The highest BCUT2D eigenvalue weighted by atomic mass is 16.5. The number of carbonyl (C=O) groups excluding carboxylic acids is 1. The summed E-state index contributed by atoms with van der Waals surface area (Å²) in [4.78, 5) is 21.0. The van der Waals surface area contributed by atoms with Crippen molar-refractivity contribution in [3.8, 4) is 17.0 Å². The van der Waals surface area contributed by atoms with Gasteiger partial charge in [0.05, 0.1) is 22.9 Å². The third-order valence-electron chi connectivity index (χ3n) is 4.03. The van der Waals surface area contributed by atoms with Crippen LogP contribution in [0.1, 0.15) is 0 Å². The van der Waals surface area contributed by atoms with E-state index < -0.39 is 0 Å². The molecule has 0 fully saturated rings. The summed E-state index contributed by atoms with van der Waals surface area (Å²) < 4.78 is 5.55. The summed E-state index contributed by atoms with van der Waals surface area (Å²) in [5.41, 5.74) is 4.20. The quantitative estimate of drug-likeness (QED) is 0.579. The van der Waals surface area contributed by atoms with Crippen molar-refractivity contribution < 1.29 is 9.53 Å². The molecule has 4 rings (SSSR count). The van der Waals surface area contributed by atoms with Gasteiger partial charge in [0, 0.05) is 11.3 Å². The molecule has 5 nitrogen and oxygen atoms in total. The van der Waals surface area contributed by atoms with Crippen LogP contribution in [0, 0.1) is 0 Å². The molecular weight excluding hydrogens is 338 g/mol. The molecular formula is C22H17N3O2. The molecule has 1 N–H and O–H groups in total. The van der Waals surface area contributed by atoms with Crippen molar-refractivity contribution in [3.63, 3.8) is 0 Å². The second kappa shape index (κ2) is 7.66. The lowest BCUT2D eigenvalue weighted by atomic mass is 10.1. The summed E-state index contributed by atoms with van der Waals surface area (Å²) in [7, 11) is 0. The number of para-hydroxylation sites is 3. The molecule has 0 atom stereocenters. The van der Waals surface area contributed by atoms with E-state index in [-0.39, 0.29) is 12.5 Å². The second-order valence-electron chi connectivity index (χ2n) is 5.97. The molecule has 0 saturated heterocycles. The number of nitrogens with one attached hydrogen (secondary N) is 1. The van der Waals surface area contributed by atoms with Crippen molar-refractivity contribution in [1.29, 1.82) is 0 Å². The number of carbonyl (C=O) groups is 1. The summed E-state index contributed by atoms with van der Waals surface area (Å²) in [6.45, 7) is -0.0516. The van der Waals surface area contributed by atoms with E-state index in [0.717, 1.165) is 28.0 Å². The number of ether oxygens (including phenoxy) is 1. The maximum Gasteiger partial charge on any atom is 0.262 e. The fourth-order valence-corrected chi connectivity index (χ4v) is 2.69. The fourth-order valence-electron chi connectivity index (χ4n) is 2.69. The summed E-state index contributed by atoms with van der Waals surface area (Å²) in [5.74, 6) is 0.418. The average Bonchev–Trinajstić information content (AvgIpc) is 2.73. The van der Waals surface area contributed by atoms with Gasteiger partial charge in [-0.3, -0.25) is 9.78 Å². The van der Waals surface area contributed by atoms with Gasteiger partial charge >= 0.3 is 0 Å². The first-order valence-corrected chi connectivity index (χ1v) is 8.58. The van der Waals surface area contributed by atoms with E-state index in [2.05, 4.69) is 15.3 Å². The molecule has 0 spiro atoms. The smallest absolute Gasteiger partial charge is 0.262 e. The van der Waals surface area contributed by atoms with Crippen LogP contribution in [0.2, 0.25) is 0 Å². The Morgan fingerprint density at radius 1 is 0.852 bits per heavy atom. The van der Waals surface area contributed by atoms with E-state index in [1.54, 1.807) is 6.20 Å². The standard InChI is InChI=1S/C22H17N3O2/c26-22(24-17-6-2-1-3-7-17)15-27-18-12-10-16(11-13-18)21-14-23-19-8-4-5-9-20(19)25-21/h1-14H,15H2,(H,24,26). The SMILES string of the molecule is O=C(COc1ccc(-c2cnc3ccccc3n2)cc1)Nc1ccccc1. The third-order valence-corrected chi connectivity index (χ3v) is 4.03. The highest BCUT2D eigenvalue weighted by molar-refractivity contribution is 5.91. The number of hydrogen-bond donors (Lipinski definition) is 1. The molecule has 4 aromatic rings. The van der Waals surface area contributed by atoms with E-state index in [1.165, 1.54) is 0 Å². The number of nitrogens with zero attached hydrogens (tertiary/aromatic N) is 2. The van der Waals surface area contributed by atoms with Crippen LogP contribution in [0.15, 0.2) is 85.1 Å². The molecule has 132 valence electrons. The molecule has 1 aromatic heterocycles. The summed E-state index contributed by atoms with van der Waals surface area (Å²) in [6.07, 6.45) is 1.76. The highest BCUT2D eigenvalue weighted by Crippen LogP contribution is 2.22. The molecule has 1 amide bonds. The van der Waals surface area contributed by atoms with Crippen LogP contribution < -0.4 is 10.1 Å². The lowest BCUT2D eigenvalue weighted by Crippen LogP contribution is -2.20. The Labute approximate surface area is 156 Å². The molecule has 1 heterocycles. The van der Waals surface area contributed by atoms with Crippen LogP contribution in [0.5, 0.6) is 5.75 Å². The lowest BCUT2D eigenvalue weighted by molar-refractivity contribution is -0.118. The van der Waals surface area contributed by atoms with Crippen molar-refractivity contribution in [2.24, 2.45) is 0 Å². The van der Waals surface area contributed by atoms with Gasteiger partial charge in [-0.25, -0.2) is 4.98 Å². The lowest BCUT2D eigenvalue weighted by Gasteiger charge is -2.08. The predicted molar refractivity (Wildman–Crippen MR) is 106 cm³/mol. The van der Waals surface area contributed by atoms with E-state index in [9.17, 15) is 4.79 Å². The Bertz CT molecular complexity index is 1060. The van der Waals surface area contributed by atoms with Crippen LogP contribution in [-0.2, 0) is 4.79 Å². The van der Waals surface area contributed by atoms with Gasteiger partial charge in [0.2, 0.25) is 0 Å². The van der Waals surface area contributed by atoms with Crippen LogP contribution in [-0.4, -0.2) is 22.5 Å². The number of fused-ring (bicyclic) bond motifs is 1. The Kier molecular flexibility index (Phi) is 4.74. The maximum atomic E-state index is 11.9. The van der Waals surface area contributed by atoms with Crippen molar-refractivity contribution in [1.82, 2.24) is 9.97 Å². The molecule has 0 unspecified atom stereocenters. The van der Waals surface area contributed by atoms with Crippen LogP contribution in [0.3, 0.4) is 0 Å². The number of benzene rings is 3. The summed E-state index contributed by atoms with van der Waals surface area (Å²) in [6, 6.07) is 24.5. The molecule has 27 heavy (non-hydrogen) atoms. The minimum absolute atomic E-state index is 0.0516. The Balaban J connectivity index is 1.40. The topological polar surface area (TPSA) is 64.1 Å². The molecule has 0 saturated carbocycles. The molecule has 0 aliphatic carbocycles. The van der Waals surface area contributed by atoms with Gasteiger partial charge in [-0.05, 0) is 48.5 Å². The first-order valence-electron chi connectivity index (χ1n) is 8.58. The summed E-state index contributed by atoms with van der Waals surface area (Å²) in [5, 5.41) is 2.78. The zero-order valence-electron chi connectivity index (χ0n) is 14.5. The average molecular weight is 355 g/mol.